The van der Waals surface area contributed by atoms with E-state index in [0.717, 1.165) is 22.4 Å². The van der Waals surface area contributed by atoms with E-state index in [2.05, 4.69) is 4.98 Å². The van der Waals surface area contributed by atoms with Crippen molar-refractivity contribution in [2.45, 2.75) is 11.1 Å². The highest BCUT2D eigenvalue weighted by molar-refractivity contribution is 7.94. The minimum absolute atomic E-state index is 0.244. The van der Waals surface area contributed by atoms with Crippen molar-refractivity contribution in [1.82, 2.24) is 4.98 Å². The number of sulfonamides is 1. The van der Waals surface area contributed by atoms with E-state index >= 15 is 0 Å². The summed E-state index contributed by atoms with van der Waals surface area (Å²) in [6.07, 6.45) is 0. The Bertz CT molecular complexity index is 933. The number of aromatic amines is 1. The van der Waals surface area contributed by atoms with Crippen molar-refractivity contribution in [3.8, 4) is 5.75 Å². The Balaban J connectivity index is 2.18. The number of aromatic nitrogens is 1. The molecule has 0 bridgehead atoms. The molecule has 0 spiro atoms. The maximum atomic E-state index is 12.7. The second kappa shape index (κ2) is 5.86. The molecular formula is C15H15FN2O3S2. The van der Waals surface area contributed by atoms with Crippen molar-refractivity contribution in [1.29, 1.82) is 0 Å². The van der Waals surface area contributed by atoms with Crippen LogP contribution in [0.25, 0.3) is 10.9 Å². The molecule has 0 amide bonds. The maximum absolute atomic E-state index is 12.7. The quantitative estimate of drug-likeness (QED) is 0.760. The molecule has 0 saturated carbocycles. The first kappa shape index (κ1) is 15.8. The van der Waals surface area contributed by atoms with Gasteiger partial charge in [0.05, 0.1) is 11.2 Å². The number of anilines is 1. The van der Waals surface area contributed by atoms with Crippen LogP contribution in [0.4, 0.5) is 10.1 Å². The van der Waals surface area contributed by atoms with Crippen LogP contribution >= 0.6 is 11.3 Å². The number of fused-ring (bicyclic) bond motifs is 1. The largest absolute Gasteiger partial charge is 0.463 e. The lowest BCUT2D eigenvalue weighted by molar-refractivity contribution is 0.192. The van der Waals surface area contributed by atoms with E-state index in [0.29, 0.717) is 11.2 Å². The van der Waals surface area contributed by atoms with Crippen LogP contribution in [0.5, 0.6) is 5.75 Å². The Morgan fingerprint density at radius 1 is 1.35 bits per heavy atom. The number of H-pyrrole nitrogens is 1. The van der Waals surface area contributed by atoms with E-state index < -0.39 is 16.9 Å². The molecule has 0 saturated heterocycles. The Hall–Kier alpha value is -2.06. The molecule has 2 aromatic heterocycles. The molecule has 0 aliphatic heterocycles. The molecule has 0 aliphatic carbocycles. The summed E-state index contributed by atoms with van der Waals surface area (Å²) >= 11 is 1.15. The van der Waals surface area contributed by atoms with Crippen molar-refractivity contribution in [2.75, 3.05) is 18.2 Å². The van der Waals surface area contributed by atoms with Gasteiger partial charge >= 0.3 is 0 Å². The molecule has 3 aromatic rings. The molecular weight excluding hydrogens is 339 g/mol. The van der Waals surface area contributed by atoms with Gasteiger partial charge in [0.2, 0.25) is 6.86 Å². The molecule has 0 aliphatic rings. The molecule has 1 N–H and O–H groups in total. The van der Waals surface area contributed by atoms with Gasteiger partial charge in [0, 0.05) is 24.2 Å². The van der Waals surface area contributed by atoms with Crippen LogP contribution in [-0.4, -0.2) is 27.3 Å². The third-order valence-corrected chi connectivity index (χ3v) is 6.63. The number of rotatable bonds is 5. The topological polar surface area (TPSA) is 62.4 Å². The highest BCUT2D eigenvalue weighted by Crippen LogP contribution is 2.35. The predicted octanol–water partition coefficient (Wildman–Crippen LogP) is 3.67. The van der Waals surface area contributed by atoms with E-state index in [9.17, 15) is 12.8 Å². The van der Waals surface area contributed by atoms with Crippen LogP contribution in [-0.2, 0) is 10.0 Å². The van der Waals surface area contributed by atoms with Gasteiger partial charge in [-0.05, 0) is 30.5 Å². The number of aryl methyl sites for hydroxylation is 1. The lowest BCUT2D eigenvalue weighted by Gasteiger charge is -2.20. The fourth-order valence-corrected chi connectivity index (χ4v) is 4.77. The van der Waals surface area contributed by atoms with Gasteiger partial charge < -0.3 is 9.72 Å². The molecule has 2 heterocycles. The number of alkyl halides is 1. The number of nitrogens with zero attached hydrogens (tertiary/aromatic N) is 1. The number of thiophene rings is 1. The Morgan fingerprint density at radius 3 is 2.78 bits per heavy atom. The summed E-state index contributed by atoms with van der Waals surface area (Å²) in [7, 11) is -2.21. The third-order valence-electron chi connectivity index (χ3n) is 3.49. The Labute approximate surface area is 137 Å². The highest BCUT2D eigenvalue weighted by Gasteiger charge is 2.25. The summed E-state index contributed by atoms with van der Waals surface area (Å²) in [6.45, 7) is 0.892. The maximum Gasteiger partial charge on any atom is 0.273 e. The molecule has 0 radical (unpaired) electrons. The first-order valence-electron chi connectivity index (χ1n) is 6.78. The van der Waals surface area contributed by atoms with Crippen molar-refractivity contribution in [3.05, 3.63) is 41.4 Å². The molecule has 5 nitrogen and oxygen atoms in total. The molecule has 3 rings (SSSR count). The van der Waals surface area contributed by atoms with E-state index in [-0.39, 0.29) is 9.96 Å². The summed E-state index contributed by atoms with van der Waals surface area (Å²) in [5, 5.41) is 2.47. The standard InChI is InChI=1S/C15H15FN2O3S2/c1-10-6-11-7-12(21-9-16)8-13(15(11)17-10)18(2)23(19,20)14-4-3-5-22-14/h3-8,17H,9H2,1-2H3. The van der Waals surface area contributed by atoms with Crippen molar-refractivity contribution < 1.29 is 17.5 Å². The fraction of sp³-hybridized carbons (Fsp3) is 0.200. The predicted molar refractivity (Wildman–Crippen MR) is 89.5 cm³/mol. The monoisotopic (exact) mass is 354 g/mol. The number of nitrogens with one attached hydrogen (secondary N) is 1. The summed E-state index contributed by atoms with van der Waals surface area (Å²) in [5.41, 5.74) is 1.95. The van der Waals surface area contributed by atoms with Crippen molar-refractivity contribution in [3.63, 3.8) is 0 Å². The van der Waals surface area contributed by atoms with Gasteiger partial charge in [0.15, 0.2) is 0 Å². The number of hydrogen-bond acceptors (Lipinski definition) is 4. The smallest absolute Gasteiger partial charge is 0.273 e. The summed E-state index contributed by atoms with van der Waals surface area (Å²) in [5.74, 6) is 0.280. The van der Waals surface area contributed by atoms with Crippen molar-refractivity contribution in [2.24, 2.45) is 0 Å². The van der Waals surface area contributed by atoms with Gasteiger partial charge in [-0.2, -0.15) is 0 Å². The van der Waals surface area contributed by atoms with Gasteiger partial charge in [0.25, 0.3) is 10.0 Å². The second-order valence-electron chi connectivity index (χ2n) is 5.02. The van der Waals surface area contributed by atoms with E-state index in [1.54, 1.807) is 23.6 Å². The average molecular weight is 354 g/mol. The summed E-state index contributed by atoms with van der Waals surface area (Å²) in [4.78, 5) is 3.14. The molecule has 23 heavy (non-hydrogen) atoms. The van der Waals surface area contributed by atoms with E-state index in [1.165, 1.54) is 17.4 Å². The third kappa shape index (κ3) is 2.79. The summed E-state index contributed by atoms with van der Waals surface area (Å²) in [6, 6.07) is 8.28. The number of benzene rings is 1. The van der Waals surface area contributed by atoms with Crippen LogP contribution in [0.3, 0.4) is 0 Å². The molecule has 1 aromatic carbocycles. The van der Waals surface area contributed by atoms with Crippen LogP contribution in [0.15, 0.2) is 39.9 Å². The van der Waals surface area contributed by atoms with E-state index in [1.807, 2.05) is 13.0 Å². The molecule has 0 atom stereocenters. The van der Waals surface area contributed by atoms with Crippen LogP contribution in [0, 0.1) is 6.92 Å². The zero-order chi connectivity index (χ0) is 16.6. The minimum Gasteiger partial charge on any atom is -0.463 e. The zero-order valence-electron chi connectivity index (χ0n) is 12.5. The first-order chi connectivity index (χ1) is 10.9. The molecule has 122 valence electrons. The number of halogens is 1. The van der Waals surface area contributed by atoms with Gasteiger partial charge in [-0.15, -0.1) is 11.3 Å². The van der Waals surface area contributed by atoms with Gasteiger partial charge in [0.1, 0.15) is 9.96 Å². The van der Waals surface area contributed by atoms with Gasteiger partial charge in [-0.3, -0.25) is 4.31 Å². The molecule has 0 unspecified atom stereocenters. The second-order valence-corrected chi connectivity index (χ2v) is 8.16. The number of ether oxygens (including phenoxy) is 1. The van der Waals surface area contributed by atoms with E-state index in [4.69, 9.17) is 4.74 Å². The fourth-order valence-electron chi connectivity index (χ4n) is 2.41. The SMILES string of the molecule is Cc1cc2cc(OCF)cc(N(C)S(=O)(=O)c3cccs3)c2[nH]1. The molecule has 0 fully saturated rings. The average Bonchev–Trinajstić information content (AvgIpc) is 3.14. The normalized spacial score (nSPS) is 11.8. The van der Waals surface area contributed by atoms with Crippen LogP contribution < -0.4 is 9.04 Å². The number of hydrogen-bond donors (Lipinski definition) is 1. The Morgan fingerprint density at radius 2 is 2.13 bits per heavy atom. The lowest BCUT2D eigenvalue weighted by Crippen LogP contribution is -2.26. The van der Waals surface area contributed by atoms with Gasteiger partial charge in [-0.25, -0.2) is 12.8 Å². The van der Waals surface area contributed by atoms with Crippen molar-refractivity contribution >= 4 is 38.0 Å². The summed E-state index contributed by atoms with van der Waals surface area (Å²) < 4.78 is 44.3. The van der Waals surface area contributed by atoms with Crippen LogP contribution in [0.1, 0.15) is 5.69 Å². The zero-order valence-corrected chi connectivity index (χ0v) is 14.2. The minimum atomic E-state index is -3.68. The molecule has 8 heteroatoms. The van der Waals surface area contributed by atoms with Gasteiger partial charge in [-0.1, -0.05) is 6.07 Å². The lowest BCUT2D eigenvalue weighted by atomic mass is 10.2. The highest BCUT2D eigenvalue weighted by atomic mass is 32.2. The Kier molecular flexibility index (Phi) is 4.03. The van der Waals surface area contributed by atoms with Crippen LogP contribution in [0.2, 0.25) is 0 Å². The first-order valence-corrected chi connectivity index (χ1v) is 9.10.